The Morgan fingerprint density at radius 1 is 0.967 bits per heavy atom. The fourth-order valence-corrected chi connectivity index (χ4v) is 4.95. The van der Waals surface area contributed by atoms with Crippen molar-refractivity contribution in [2.24, 2.45) is 11.8 Å². The monoisotopic (exact) mass is 453 g/mol. The minimum atomic E-state index is -0.0861. The normalized spacial score (nSPS) is 20.9. The van der Waals surface area contributed by atoms with Crippen LogP contribution < -0.4 is 10.6 Å². The van der Waals surface area contributed by atoms with Gasteiger partial charge in [-0.05, 0) is 49.3 Å². The third-order valence-corrected chi connectivity index (χ3v) is 6.88. The fraction of sp³-hybridized carbons (Fsp3) is 0.652. The first kappa shape index (κ1) is 23.2. The molecule has 2 aliphatic rings. The number of benzene rings is 1. The highest BCUT2D eigenvalue weighted by atomic mass is 35.5. The summed E-state index contributed by atoms with van der Waals surface area (Å²) in [4.78, 5) is 27.1. The molecule has 1 aliphatic carbocycles. The summed E-state index contributed by atoms with van der Waals surface area (Å²) in [6, 6.07) is 5.19. The van der Waals surface area contributed by atoms with Crippen LogP contribution in [0.1, 0.15) is 63.4 Å². The van der Waals surface area contributed by atoms with E-state index in [0.717, 1.165) is 50.6 Å². The predicted octanol–water partition coefficient (Wildman–Crippen LogP) is 5.39. The average Bonchev–Trinajstić information content (AvgIpc) is 2.71. The van der Waals surface area contributed by atoms with Crippen LogP contribution in [0, 0.1) is 11.8 Å². The van der Waals surface area contributed by atoms with Crippen molar-refractivity contribution in [3.8, 4) is 0 Å². The van der Waals surface area contributed by atoms with Crippen molar-refractivity contribution in [2.45, 2.75) is 64.3 Å². The SMILES string of the molecule is O=C(NCC1CCCN(C(=O)NCc2ccc(Cl)cc2Cl)C1)C1CCCCCCC1. The quantitative estimate of drug-likeness (QED) is 0.627. The Morgan fingerprint density at radius 3 is 2.43 bits per heavy atom. The molecule has 7 heteroatoms. The summed E-state index contributed by atoms with van der Waals surface area (Å²) in [7, 11) is 0. The number of piperidine rings is 1. The standard InChI is InChI=1S/C23H33Cl2N3O2/c24-20-11-10-19(21(25)13-20)15-27-23(30)28-12-6-7-17(16-28)14-26-22(29)18-8-4-2-1-3-5-9-18/h10-11,13,17-18H,1-9,12,14-16H2,(H,26,29)(H,27,30). The molecule has 1 saturated heterocycles. The average molecular weight is 454 g/mol. The summed E-state index contributed by atoms with van der Waals surface area (Å²) in [5.41, 5.74) is 0.842. The number of halogens is 2. The molecule has 2 fully saturated rings. The van der Waals surface area contributed by atoms with Crippen molar-refractivity contribution in [1.82, 2.24) is 15.5 Å². The molecule has 1 aliphatic heterocycles. The van der Waals surface area contributed by atoms with E-state index in [1.165, 1.54) is 19.3 Å². The van der Waals surface area contributed by atoms with Gasteiger partial charge < -0.3 is 15.5 Å². The Kier molecular flexibility index (Phi) is 9.13. The molecule has 2 N–H and O–H groups in total. The van der Waals surface area contributed by atoms with E-state index in [1.807, 2.05) is 11.0 Å². The number of rotatable bonds is 5. The van der Waals surface area contributed by atoms with Gasteiger partial charge in [-0.15, -0.1) is 0 Å². The second-order valence-corrected chi connectivity index (χ2v) is 9.48. The molecule has 3 rings (SSSR count). The second-order valence-electron chi connectivity index (χ2n) is 8.64. The maximum atomic E-state index is 12.6. The first-order valence-electron chi connectivity index (χ1n) is 11.3. The Morgan fingerprint density at radius 2 is 1.70 bits per heavy atom. The molecule has 166 valence electrons. The van der Waals surface area contributed by atoms with E-state index in [4.69, 9.17) is 23.2 Å². The van der Waals surface area contributed by atoms with Crippen LogP contribution >= 0.6 is 23.2 Å². The Bertz CT molecular complexity index is 720. The minimum absolute atomic E-state index is 0.0861. The highest BCUT2D eigenvalue weighted by Crippen LogP contribution is 2.23. The summed E-state index contributed by atoms with van der Waals surface area (Å²) < 4.78 is 0. The number of urea groups is 1. The van der Waals surface area contributed by atoms with Gasteiger partial charge in [0.1, 0.15) is 0 Å². The fourth-order valence-electron chi connectivity index (χ4n) is 4.47. The molecule has 0 radical (unpaired) electrons. The summed E-state index contributed by atoms with van der Waals surface area (Å²) in [6.45, 7) is 2.44. The minimum Gasteiger partial charge on any atom is -0.356 e. The topological polar surface area (TPSA) is 61.4 Å². The molecule has 3 amide bonds. The zero-order valence-electron chi connectivity index (χ0n) is 17.6. The van der Waals surface area contributed by atoms with Crippen molar-refractivity contribution < 1.29 is 9.59 Å². The molecule has 1 saturated carbocycles. The molecule has 0 aromatic heterocycles. The maximum Gasteiger partial charge on any atom is 0.317 e. The lowest BCUT2D eigenvalue weighted by Crippen LogP contribution is -2.48. The number of amides is 3. The molecule has 30 heavy (non-hydrogen) atoms. The first-order valence-corrected chi connectivity index (χ1v) is 12.0. The number of hydrogen-bond donors (Lipinski definition) is 2. The summed E-state index contributed by atoms with van der Waals surface area (Å²) in [6.07, 6.45) is 10.1. The van der Waals surface area contributed by atoms with Gasteiger partial charge in [0.2, 0.25) is 5.91 Å². The molecular formula is C23H33Cl2N3O2. The van der Waals surface area contributed by atoms with Crippen LogP contribution in [0.2, 0.25) is 10.0 Å². The number of carbonyl (C=O) groups is 2. The number of nitrogens with zero attached hydrogens (tertiary/aromatic N) is 1. The molecule has 1 aromatic rings. The van der Waals surface area contributed by atoms with Crippen LogP contribution in [0.25, 0.3) is 0 Å². The molecule has 1 heterocycles. The summed E-state index contributed by atoms with van der Waals surface area (Å²) >= 11 is 12.1. The van der Waals surface area contributed by atoms with Gasteiger partial charge in [0.15, 0.2) is 0 Å². The van der Waals surface area contributed by atoms with Crippen molar-refractivity contribution in [2.75, 3.05) is 19.6 Å². The Hall–Kier alpha value is -1.46. The van der Waals surface area contributed by atoms with E-state index in [0.29, 0.717) is 35.6 Å². The van der Waals surface area contributed by atoms with Gasteiger partial charge in [0, 0.05) is 42.1 Å². The molecule has 0 bridgehead atoms. The number of likely N-dealkylation sites (tertiary alicyclic amines) is 1. The lowest BCUT2D eigenvalue weighted by molar-refractivity contribution is -0.125. The highest BCUT2D eigenvalue weighted by Gasteiger charge is 2.25. The number of carbonyl (C=O) groups excluding carboxylic acids is 2. The van der Waals surface area contributed by atoms with E-state index < -0.39 is 0 Å². The van der Waals surface area contributed by atoms with Gasteiger partial charge in [-0.2, -0.15) is 0 Å². The van der Waals surface area contributed by atoms with Gasteiger partial charge in [-0.3, -0.25) is 4.79 Å². The van der Waals surface area contributed by atoms with Crippen LogP contribution in [0.15, 0.2) is 18.2 Å². The molecule has 0 spiro atoms. The van der Waals surface area contributed by atoms with Gasteiger partial charge >= 0.3 is 6.03 Å². The van der Waals surface area contributed by atoms with Crippen LogP contribution in [0.3, 0.4) is 0 Å². The van der Waals surface area contributed by atoms with Crippen LogP contribution in [0.5, 0.6) is 0 Å². The third-order valence-electron chi connectivity index (χ3n) is 6.29. The maximum absolute atomic E-state index is 12.6. The van der Waals surface area contributed by atoms with Gasteiger partial charge in [-0.1, -0.05) is 61.4 Å². The van der Waals surface area contributed by atoms with Crippen LogP contribution in [-0.4, -0.2) is 36.5 Å². The van der Waals surface area contributed by atoms with E-state index in [2.05, 4.69) is 10.6 Å². The zero-order valence-corrected chi connectivity index (χ0v) is 19.1. The van der Waals surface area contributed by atoms with Crippen LogP contribution in [0.4, 0.5) is 4.79 Å². The lowest BCUT2D eigenvalue weighted by atomic mass is 9.90. The Balaban J connectivity index is 1.42. The van der Waals surface area contributed by atoms with Gasteiger partial charge in [-0.25, -0.2) is 4.79 Å². The molecule has 1 aromatic carbocycles. The van der Waals surface area contributed by atoms with Gasteiger partial charge in [0.25, 0.3) is 0 Å². The number of nitrogens with one attached hydrogen (secondary N) is 2. The third kappa shape index (κ3) is 7.05. The lowest BCUT2D eigenvalue weighted by Gasteiger charge is -2.33. The summed E-state index contributed by atoms with van der Waals surface area (Å²) in [5.74, 6) is 0.675. The van der Waals surface area contributed by atoms with E-state index in [1.54, 1.807) is 12.1 Å². The van der Waals surface area contributed by atoms with Crippen molar-refractivity contribution >= 4 is 35.1 Å². The van der Waals surface area contributed by atoms with Crippen LogP contribution in [-0.2, 0) is 11.3 Å². The Labute approximate surface area is 189 Å². The summed E-state index contributed by atoms with van der Waals surface area (Å²) in [5, 5.41) is 7.26. The van der Waals surface area contributed by atoms with E-state index in [-0.39, 0.29) is 17.9 Å². The largest absolute Gasteiger partial charge is 0.356 e. The van der Waals surface area contributed by atoms with Crippen molar-refractivity contribution in [3.05, 3.63) is 33.8 Å². The van der Waals surface area contributed by atoms with Crippen molar-refractivity contribution in [1.29, 1.82) is 0 Å². The highest BCUT2D eigenvalue weighted by molar-refractivity contribution is 6.35. The predicted molar refractivity (Wildman–Crippen MR) is 122 cm³/mol. The molecule has 1 atom stereocenters. The first-order chi connectivity index (χ1) is 14.5. The smallest absolute Gasteiger partial charge is 0.317 e. The van der Waals surface area contributed by atoms with E-state index in [9.17, 15) is 9.59 Å². The van der Waals surface area contributed by atoms with Gasteiger partial charge in [0.05, 0.1) is 0 Å². The zero-order chi connectivity index (χ0) is 21.3. The van der Waals surface area contributed by atoms with Crippen molar-refractivity contribution in [3.63, 3.8) is 0 Å². The molecule has 1 unspecified atom stereocenters. The molecular weight excluding hydrogens is 421 g/mol. The van der Waals surface area contributed by atoms with E-state index >= 15 is 0 Å². The number of hydrogen-bond acceptors (Lipinski definition) is 2. The molecule has 5 nitrogen and oxygen atoms in total. The second kappa shape index (κ2) is 11.8.